The van der Waals surface area contributed by atoms with Crippen molar-refractivity contribution in [1.82, 2.24) is 20.2 Å². The lowest BCUT2D eigenvalue weighted by atomic mass is 10.3. The van der Waals surface area contributed by atoms with Crippen LogP contribution >= 0.6 is 11.8 Å². The molecule has 1 fully saturated rings. The average Bonchev–Trinajstić information content (AvgIpc) is 2.95. The molecule has 1 aromatic carbocycles. The van der Waals surface area contributed by atoms with Crippen molar-refractivity contribution in [3.8, 4) is 0 Å². The van der Waals surface area contributed by atoms with E-state index < -0.39 is 0 Å². The third kappa shape index (κ3) is 3.57. The van der Waals surface area contributed by atoms with E-state index in [2.05, 4.69) is 26.3 Å². The Labute approximate surface area is 128 Å². The van der Waals surface area contributed by atoms with Gasteiger partial charge < -0.3 is 15.2 Å². The van der Waals surface area contributed by atoms with E-state index >= 15 is 0 Å². The molecule has 21 heavy (non-hydrogen) atoms. The first-order chi connectivity index (χ1) is 10.3. The van der Waals surface area contributed by atoms with Crippen LogP contribution in [0, 0.1) is 0 Å². The van der Waals surface area contributed by atoms with Crippen LogP contribution in [0.15, 0.2) is 30.6 Å². The topological polar surface area (TPSA) is 59.0 Å². The number of rotatable bonds is 5. The van der Waals surface area contributed by atoms with Crippen LogP contribution in [-0.4, -0.2) is 46.1 Å². The van der Waals surface area contributed by atoms with E-state index in [-0.39, 0.29) is 11.9 Å². The van der Waals surface area contributed by atoms with Crippen LogP contribution in [0.2, 0.25) is 0 Å². The Morgan fingerprint density at radius 3 is 3.24 bits per heavy atom. The zero-order valence-electron chi connectivity index (χ0n) is 11.9. The molecule has 1 amide bonds. The summed E-state index contributed by atoms with van der Waals surface area (Å²) in [6.45, 7) is 2.49. The number of para-hydroxylation sites is 2. The monoisotopic (exact) mass is 304 g/mol. The van der Waals surface area contributed by atoms with E-state index in [1.165, 1.54) is 0 Å². The Morgan fingerprint density at radius 1 is 1.48 bits per heavy atom. The molecule has 3 rings (SSSR count). The van der Waals surface area contributed by atoms with Crippen molar-refractivity contribution in [3.63, 3.8) is 0 Å². The summed E-state index contributed by atoms with van der Waals surface area (Å²) in [4.78, 5) is 16.3. The van der Waals surface area contributed by atoms with Crippen molar-refractivity contribution in [2.45, 2.75) is 19.0 Å². The Balaban J connectivity index is 1.44. The molecule has 1 atom stereocenters. The molecule has 112 valence electrons. The maximum atomic E-state index is 12.0. The molecular formula is C15H20N4OS. The van der Waals surface area contributed by atoms with Gasteiger partial charge in [0.05, 0.1) is 23.4 Å². The maximum absolute atomic E-state index is 12.0. The van der Waals surface area contributed by atoms with Crippen molar-refractivity contribution < 1.29 is 4.79 Å². The van der Waals surface area contributed by atoms with Gasteiger partial charge >= 0.3 is 0 Å². The van der Waals surface area contributed by atoms with Crippen LogP contribution in [0.3, 0.4) is 0 Å². The van der Waals surface area contributed by atoms with Gasteiger partial charge in [-0.25, -0.2) is 4.98 Å². The highest BCUT2D eigenvalue weighted by atomic mass is 32.2. The highest BCUT2D eigenvalue weighted by molar-refractivity contribution is 7.99. The van der Waals surface area contributed by atoms with Gasteiger partial charge in [0.15, 0.2) is 0 Å². The van der Waals surface area contributed by atoms with E-state index in [0.29, 0.717) is 6.54 Å². The summed E-state index contributed by atoms with van der Waals surface area (Å²) in [5, 5.41) is 6.26. The van der Waals surface area contributed by atoms with Gasteiger partial charge in [-0.3, -0.25) is 4.79 Å². The summed E-state index contributed by atoms with van der Waals surface area (Å²) in [7, 11) is 0. The lowest BCUT2D eigenvalue weighted by Crippen LogP contribution is -2.49. The molecule has 1 aliphatic heterocycles. The quantitative estimate of drug-likeness (QED) is 0.816. The summed E-state index contributed by atoms with van der Waals surface area (Å²) in [5.41, 5.74) is 2.17. The lowest BCUT2D eigenvalue weighted by molar-refractivity contribution is -0.122. The number of hydrogen-bond donors (Lipinski definition) is 2. The van der Waals surface area contributed by atoms with Crippen molar-refractivity contribution in [2.24, 2.45) is 0 Å². The largest absolute Gasteiger partial charge is 0.355 e. The minimum atomic E-state index is -0.0298. The van der Waals surface area contributed by atoms with E-state index in [4.69, 9.17) is 0 Å². The Morgan fingerprint density at radius 2 is 2.38 bits per heavy atom. The standard InChI is InChI=1S/C15H20N4OS/c20-15(13-10-21-9-7-16-13)17-6-3-8-19-11-18-12-4-1-2-5-14(12)19/h1-2,4-5,11,13,16H,3,6-10H2,(H,17,20). The number of benzene rings is 1. The lowest BCUT2D eigenvalue weighted by Gasteiger charge is -2.22. The molecule has 0 bridgehead atoms. The minimum absolute atomic E-state index is 0.0298. The van der Waals surface area contributed by atoms with Crippen LogP contribution in [0.25, 0.3) is 11.0 Å². The SMILES string of the molecule is O=C(NCCCn1cnc2ccccc21)C1CSCCN1. The van der Waals surface area contributed by atoms with E-state index in [1.807, 2.05) is 36.3 Å². The summed E-state index contributed by atoms with van der Waals surface area (Å²) in [5.74, 6) is 2.09. The van der Waals surface area contributed by atoms with Gasteiger partial charge in [0.1, 0.15) is 0 Å². The predicted octanol–water partition coefficient (Wildman–Crippen LogP) is 1.25. The van der Waals surface area contributed by atoms with E-state index in [0.717, 1.165) is 42.0 Å². The van der Waals surface area contributed by atoms with Gasteiger partial charge in [-0.15, -0.1) is 0 Å². The van der Waals surface area contributed by atoms with Crippen molar-refractivity contribution in [3.05, 3.63) is 30.6 Å². The second-order valence-corrected chi connectivity index (χ2v) is 6.30. The van der Waals surface area contributed by atoms with Crippen molar-refractivity contribution in [1.29, 1.82) is 0 Å². The molecular weight excluding hydrogens is 284 g/mol. The summed E-state index contributed by atoms with van der Waals surface area (Å²) in [6.07, 6.45) is 2.78. The first-order valence-corrected chi connectivity index (χ1v) is 8.49. The Bertz CT molecular complexity index is 606. The average molecular weight is 304 g/mol. The molecule has 2 N–H and O–H groups in total. The van der Waals surface area contributed by atoms with Crippen molar-refractivity contribution in [2.75, 3.05) is 24.6 Å². The fourth-order valence-corrected chi connectivity index (χ4v) is 3.44. The van der Waals surface area contributed by atoms with E-state index in [1.54, 1.807) is 0 Å². The summed E-state index contributed by atoms with van der Waals surface area (Å²) in [6, 6.07) is 8.08. The third-order valence-corrected chi connectivity index (χ3v) is 4.70. The summed E-state index contributed by atoms with van der Waals surface area (Å²) < 4.78 is 2.14. The molecule has 1 aliphatic rings. The van der Waals surface area contributed by atoms with Gasteiger partial charge in [0.2, 0.25) is 5.91 Å². The number of carbonyl (C=O) groups is 1. The number of carbonyl (C=O) groups excluding carboxylic acids is 1. The molecule has 6 heteroatoms. The molecule has 1 saturated heterocycles. The number of thioether (sulfide) groups is 1. The van der Waals surface area contributed by atoms with Crippen LogP contribution in [-0.2, 0) is 11.3 Å². The normalized spacial score (nSPS) is 18.8. The van der Waals surface area contributed by atoms with Crippen molar-refractivity contribution >= 4 is 28.7 Å². The number of aromatic nitrogens is 2. The number of nitrogens with zero attached hydrogens (tertiary/aromatic N) is 2. The molecule has 1 unspecified atom stereocenters. The van der Waals surface area contributed by atoms with Crippen LogP contribution in [0.4, 0.5) is 0 Å². The minimum Gasteiger partial charge on any atom is -0.355 e. The van der Waals surface area contributed by atoms with Gasteiger partial charge in [-0.1, -0.05) is 12.1 Å². The maximum Gasteiger partial charge on any atom is 0.237 e. The number of imidazole rings is 1. The Hall–Kier alpha value is -1.53. The predicted molar refractivity (Wildman–Crippen MR) is 86.5 cm³/mol. The van der Waals surface area contributed by atoms with Gasteiger partial charge in [-0.2, -0.15) is 11.8 Å². The van der Waals surface area contributed by atoms with Crippen LogP contribution in [0.5, 0.6) is 0 Å². The fraction of sp³-hybridized carbons (Fsp3) is 0.467. The highest BCUT2D eigenvalue weighted by Gasteiger charge is 2.19. The molecule has 1 aromatic heterocycles. The van der Waals surface area contributed by atoms with Gasteiger partial charge in [-0.05, 0) is 18.6 Å². The Kier molecular flexibility index (Phi) is 4.77. The zero-order valence-corrected chi connectivity index (χ0v) is 12.7. The smallest absolute Gasteiger partial charge is 0.237 e. The van der Waals surface area contributed by atoms with E-state index in [9.17, 15) is 4.79 Å². The first-order valence-electron chi connectivity index (χ1n) is 7.33. The van der Waals surface area contributed by atoms with Crippen LogP contribution < -0.4 is 10.6 Å². The summed E-state index contributed by atoms with van der Waals surface area (Å²) >= 11 is 1.83. The second-order valence-electron chi connectivity index (χ2n) is 5.15. The molecule has 0 aliphatic carbocycles. The van der Waals surface area contributed by atoms with Crippen LogP contribution in [0.1, 0.15) is 6.42 Å². The number of amides is 1. The molecule has 2 heterocycles. The zero-order chi connectivity index (χ0) is 14.5. The molecule has 0 spiro atoms. The number of aryl methyl sites for hydroxylation is 1. The third-order valence-electron chi connectivity index (χ3n) is 3.64. The number of hydrogen-bond acceptors (Lipinski definition) is 4. The number of nitrogens with one attached hydrogen (secondary N) is 2. The van der Waals surface area contributed by atoms with Gasteiger partial charge in [0, 0.05) is 31.1 Å². The molecule has 2 aromatic rings. The fourth-order valence-electron chi connectivity index (χ4n) is 2.51. The highest BCUT2D eigenvalue weighted by Crippen LogP contribution is 2.12. The first kappa shape index (κ1) is 14.4. The molecule has 5 nitrogen and oxygen atoms in total. The van der Waals surface area contributed by atoms with Gasteiger partial charge in [0.25, 0.3) is 0 Å². The molecule has 0 saturated carbocycles. The molecule has 0 radical (unpaired) electrons. The second kappa shape index (κ2) is 6.95. The number of fused-ring (bicyclic) bond motifs is 1.